The molecule has 0 aliphatic carbocycles. The van der Waals surface area contributed by atoms with Crippen LogP contribution in [0.4, 0.5) is 4.79 Å². The topological polar surface area (TPSA) is 226 Å². The van der Waals surface area contributed by atoms with Gasteiger partial charge in [-0.05, 0) is 0 Å². The van der Waals surface area contributed by atoms with Crippen molar-refractivity contribution in [3.8, 4) is 0 Å². The fraction of sp³-hybridized carbons (Fsp3) is 0. The van der Waals surface area contributed by atoms with E-state index in [1.54, 1.807) is 0 Å². The van der Waals surface area contributed by atoms with Crippen molar-refractivity contribution in [1.82, 2.24) is 6.15 Å². The van der Waals surface area contributed by atoms with E-state index in [-0.39, 0.29) is 35.7 Å². The first kappa shape index (κ1) is 29.3. The summed E-state index contributed by atoms with van der Waals surface area (Å²) in [4.78, 5) is 9.00. The maximum absolute atomic E-state index is 9.00. The molecule has 0 spiro atoms. The number of nitrogens with two attached hydrogens (primary N) is 2. The van der Waals surface area contributed by atoms with Crippen LogP contribution in [0.3, 0.4) is 0 Å². The molecule has 0 aromatic carbocycles. The Hall–Kier alpha value is 0.370. The average Bonchev–Trinajstić information content (AvgIpc) is 1.54. The number of carbonyl (C=O) groups is 1. The maximum atomic E-state index is 9.00. The van der Waals surface area contributed by atoms with Crippen molar-refractivity contribution in [2.75, 3.05) is 0 Å². The molecule has 10 N–H and O–H groups in total. The monoisotopic (exact) mass is 263 g/mol. The fourth-order valence-corrected chi connectivity index (χ4v) is 0. The first-order valence-corrected chi connectivity index (χ1v) is 3.88. The second-order valence-electron chi connectivity index (χ2n) is 0.837. The smallest absolute Gasteiger partial charge is 0.750 e. The van der Waals surface area contributed by atoms with Gasteiger partial charge in [-0.25, -0.2) is 13.2 Å². The van der Waals surface area contributed by atoms with Crippen LogP contribution in [0.1, 0.15) is 0 Å². The molecule has 0 aromatic rings. The molecule has 0 fully saturated rings. The quantitative estimate of drug-likeness (QED) is 0.211. The minimum absolute atomic E-state index is 0. The van der Waals surface area contributed by atoms with E-state index >= 15 is 0 Å². The van der Waals surface area contributed by atoms with E-state index in [0.717, 1.165) is 0 Å². The summed E-state index contributed by atoms with van der Waals surface area (Å²) in [7, 11) is 0. The van der Waals surface area contributed by atoms with E-state index in [1.807, 2.05) is 0 Å². The van der Waals surface area contributed by atoms with Gasteiger partial charge in [0.15, 0.2) is 0 Å². The third-order valence-corrected chi connectivity index (χ3v) is 0. The maximum Gasteiger partial charge on any atom is 1.00 e. The molecule has 0 saturated carbocycles. The Balaban J connectivity index is -0.0000000270. The SMILES string of the molecule is NC(N)=O.O=S([O-])O.O=S([O-])O.[NH4+].[Na+]. The summed E-state index contributed by atoms with van der Waals surface area (Å²) < 4.78 is 48.2. The minimum Gasteiger partial charge on any atom is -0.750 e. The first-order valence-electron chi connectivity index (χ1n) is 1.81. The number of rotatable bonds is 0. The summed E-state index contributed by atoms with van der Waals surface area (Å²) in [5, 5.41) is 0. The van der Waals surface area contributed by atoms with Crippen LogP contribution in [0.5, 0.6) is 0 Å². The molecule has 2 amide bonds. The number of hydrogen-bond donors (Lipinski definition) is 5. The zero-order valence-electron chi connectivity index (χ0n) is 7.41. The van der Waals surface area contributed by atoms with Gasteiger partial charge in [0.05, 0.1) is 22.7 Å². The van der Waals surface area contributed by atoms with E-state index in [2.05, 4.69) is 11.5 Å². The first-order chi connectivity index (χ1) is 5.20. The molecule has 2 atom stereocenters. The number of quaternary nitrogens is 1. The van der Waals surface area contributed by atoms with Gasteiger partial charge >= 0.3 is 35.6 Å². The third-order valence-electron chi connectivity index (χ3n) is 0. The Morgan fingerprint density at radius 1 is 1.07 bits per heavy atom. The molecule has 13 heteroatoms. The summed E-state index contributed by atoms with van der Waals surface area (Å²) in [6.07, 6.45) is 0. The Morgan fingerprint density at radius 3 is 1.07 bits per heavy atom. The zero-order chi connectivity index (χ0) is 10.7. The van der Waals surface area contributed by atoms with Crippen LogP contribution >= 0.6 is 0 Å². The molecule has 0 aliphatic rings. The van der Waals surface area contributed by atoms with Gasteiger partial charge in [-0.2, -0.15) is 0 Å². The van der Waals surface area contributed by atoms with Crippen molar-refractivity contribution in [1.29, 1.82) is 0 Å². The van der Waals surface area contributed by atoms with Gasteiger partial charge in [-0.3, -0.25) is 0 Å². The van der Waals surface area contributed by atoms with E-state index in [4.69, 9.17) is 31.4 Å². The van der Waals surface area contributed by atoms with Crippen LogP contribution in [0.2, 0.25) is 0 Å². The third kappa shape index (κ3) is 11700. The number of amides is 2. The molecular weight excluding hydrogens is 253 g/mol. The van der Waals surface area contributed by atoms with Crippen LogP contribution in [0, 0.1) is 0 Å². The van der Waals surface area contributed by atoms with Gasteiger partial charge in [0.2, 0.25) is 0 Å². The molecule has 84 valence electrons. The van der Waals surface area contributed by atoms with Gasteiger partial charge in [0, 0.05) is 0 Å². The van der Waals surface area contributed by atoms with Crippen molar-refractivity contribution < 1.29 is 61.0 Å². The van der Waals surface area contributed by atoms with Gasteiger partial charge in [-0.15, -0.1) is 0 Å². The van der Waals surface area contributed by atoms with Crippen molar-refractivity contribution in [3.63, 3.8) is 0 Å². The van der Waals surface area contributed by atoms with Crippen molar-refractivity contribution in [2.45, 2.75) is 0 Å². The molecule has 2 unspecified atom stereocenters. The average molecular weight is 263 g/mol. The van der Waals surface area contributed by atoms with Crippen LogP contribution in [-0.4, -0.2) is 32.7 Å². The van der Waals surface area contributed by atoms with Gasteiger partial charge in [0.1, 0.15) is 0 Å². The van der Waals surface area contributed by atoms with E-state index in [1.165, 1.54) is 0 Å². The van der Waals surface area contributed by atoms with Crippen molar-refractivity contribution in [3.05, 3.63) is 0 Å². The van der Waals surface area contributed by atoms with Gasteiger partial charge in [-0.1, -0.05) is 0 Å². The van der Waals surface area contributed by atoms with E-state index < -0.39 is 28.8 Å². The summed E-state index contributed by atoms with van der Waals surface area (Å²) in [5.74, 6) is 0. The standard InChI is InChI=1S/CH4N2O.H3N.Na.2H2O3S/c2-1(3)4;;;2*1-4(2)3/h(H4,2,3,4);1H3;;2*(H2,1,2,3)/q;;+1;;/p-1. The number of urea groups is 1. The molecule has 14 heavy (non-hydrogen) atoms. The fourth-order valence-electron chi connectivity index (χ4n) is 0. The molecular formula is CH10N3NaO7S2. The largest absolute Gasteiger partial charge is 1.00 e. The second kappa shape index (κ2) is 23.3. The Labute approximate surface area is 107 Å². The predicted octanol–water partition coefficient (Wildman–Crippen LogP) is -4.92. The van der Waals surface area contributed by atoms with Crippen molar-refractivity contribution in [2.24, 2.45) is 11.5 Å². The molecule has 0 aliphatic heterocycles. The summed E-state index contributed by atoms with van der Waals surface area (Å²) in [5.41, 5.74) is 8.50. The molecule has 0 rings (SSSR count). The Morgan fingerprint density at radius 2 is 1.07 bits per heavy atom. The number of primary amides is 2. The normalized spacial score (nSPS) is 10.6. The Bertz CT molecular complexity index is 124. The molecule has 0 radical (unpaired) electrons. The van der Waals surface area contributed by atoms with Crippen LogP contribution < -0.4 is 47.2 Å². The van der Waals surface area contributed by atoms with Gasteiger partial charge < -0.3 is 35.8 Å². The van der Waals surface area contributed by atoms with E-state index in [9.17, 15) is 0 Å². The molecule has 10 nitrogen and oxygen atoms in total. The molecule has 0 bridgehead atoms. The molecule has 0 heterocycles. The van der Waals surface area contributed by atoms with Crippen molar-refractivity contribution >= 4 is 28.8 Å². The van der Waals surface area contributed by atoms with E-state index in [0.29, 0.717) is 0 Å². The predicted molar refractivity (Wildman–Crippen MR) is 42.9 cm³/mol. The summed E-state index contributed by atoms with van der Waals surface area (Å²) >= 11 is -5.72. The van der Waals surface area contributed by atoms with Crippen LogP contribution in [0.15, 0.2) is 0 Å². The summed E-state index contributed by atoms with van der Waals surface area (Å²) in [6.45, 7) is 0. The number of carbonyl (C=O) groups excluding carboxylic acids is 1. The van der Waals surface area contributed by atoms with Crippen LogP contribution in [0.25, 0.3) is 0 Å². The molecule has 0 aromatic heterocycles. The second-order valence-corrected chi connectivity index (χ2v) is 1.71. The van der Waals surface area contributed by atoms with Gasteiger partial charge in [0.25, 0.3) is 0 Å². The minimum atomic E-state index is -2.86. The zero-order valence-corrected chi connectivity index (χ0v) is 11.0. The molecule has 0 saturated heterocycles. The number of hydrogen-bond acceptors (Lipinski definition) is 5. The summed E-state index contributed by atoms with van der Waals surface area (Å²) in [6, 6.07) is -0.833. The Kier molecular flexibility index (Phi) is 48.7. The van der Waals surface area contributed by atoms with Crippen LogP contribution in [-0.2, 0) is 22.7 Å².